The van der Waals surface area contributed by atoms with E-state index in [9.17, 15) is 14.0 Å². The molecule has 4 rings (SSSR count). The summed E-state index contributed by atoms with van der Waals surface area (Å²) in [5.41, 5.74) is 1.53. The van der Waals surface area contributed by atoms with Gasteiger partial charge in [-0.25, -0.2) is 9.07 Å². The topological polar surface area (TPSA) is 76.0 Å². The van der Waals surface area contributed by atoms with E-state index in [0.717, 1.165) is 10.5 Å². The van der Waals surface area contributed by atoms with E-state index >= 15 is 0 Å². The highest BCUT2D eigenvalue weighted by atomic mass is 79.9. The highest BCUT2D eigenvalue weighted by molar-refractivity contribution is 9.10. The van der Waals surface area contributed by atoms with Gasteiger partial charge in [-0.3, -0.25) is 9.59 Å². The lowest BCUT2D eigenvalue weighted by Crippen LogP contribution is -2.19. The fourth-order valence-electron chi connectivity index (χ4n) is 2.94. The molecule has 6 nitrogen and oxygen atoms in total. The summed E-state index contributed by atoms with van der Waals surface area (Å²) in [6, 6.07) is 21.5. The van der Waals surface area contributed by atoms with E-state index in [4.69, 9.17) is 0 Å². The summed E-state index contributed by atoms with van der Waals surface area (Å²) in [6.07, 6.45) is 1.38. The zero-order valence-corrected chi connectivity index (χ0v) is 17.6. The molecule has 154 valence electrons. The SMILES string of the molecule is O=C(Nc1c(C(=O)Nc2ccc(Br)cc2)cnn1-c1ccccc1)c1cccc(F)c1. The first-order valence-electron chi connectivity index (χ1n) is 9.28. The number of amides is 2. The van der Waals surface area contributed by atoms with Crippen molar-refractivity contribution in [3.05, 3.63) is 106 Å². The van der Waals surface area contributed by atoms with E-state index in [1.807, 2.05) is 18.2 Å². The number of para-hydroxylation sites is 1. The van der Waals surface area contributed by atoms with E-state index in [0.29, 0.717) is 11.4 Å². The maximum absolute atomic E-state index is 13.6. The van der Waals surface area contributed by atoms with E-state index < -0.39 is 17.6 Å². The van der Waals surface area contributed by atoms with Gasteiger partial charge in [-0.15, -0.1) is 0 Å². The number of nitrogens with one attached hydrogen (secondary N) is 2. The van der Waals surface area contributed by atoms with Crippen LogP contribution in [0.5, 0.6) is 0 Å². The second-order valence-electron chi connectivity index (χ2n) is 6.58. The maximum Gasteiger partial charge on any atom is 0.261 e. The van der Waals surface area contributed by atoms with Crippen molar-refractivity contribution in [2.75, 3.05) is 10.6 Å². The third kappa shape index (κ3) is 4.70. The van der Waals surface area contributed by atoms with Gasteiger partial charge in [-0.2, -0.15) is 5.10 Å². The molecule has 0 radical (unpaired) electrons. The van der Waals surface area contributed by atoms with Crippen LogP contribution in [0.15, 0.2) is 89.5 Å². The molecule has 0 saturated carbocycles. The van der Waals surface area contributed by atoms with Crippen LogP contribution in [0.3, 0.4) is 0 Å². The van der Waals surface area contributed by atoms with Gasteiger partial charge < -0.3 is 10.6 Å². The van der Waals surface area contributed by atoms with E-state index in [-0.39, 0.29) is 16.9 Å². The summed E-state index contributed by atoms with van der Waals surface area (Å²) in [5, 5.41) is 9.78. The molecule has 0 fully saturated rings. The molecule has 8 heteroatoms. The first-order valence-corrected chi connectivity index (χ1v) is 10.1. The van der Waals surface area contributed by atoms with Crippen molar-refractivity contribution in [3.8, 4) is 5.69 Å². The Labute approximate surface area is 185 Å². The van der Waals surface area contributed by atoms with Gasteiger partial charge in [0.05, 0.1) is 11.9 Å². The highest BCUT2D eigenvalue weighted by Gasteiger charge is 2.21. The van der Waals surface area contributed by atoms with Crippen molar-refractivity contribution in [1.82, 2.24) is 9.78 Å². The van der Waals surface area contributed by atoms with E-state index in [1.54, 1.807) is 36.4 Å². The van der Waals surface area contributed by atoms with Crippen LogP contribution in [0.2, 0.25) is 0 Å². The van der Waals surface area contributed by atoms with Crippen molar-refractivity contribution in [2.24, 2.45) is 0 Å². The normalized spacial score (nSPS) is 10.5. The lowest BCUT2D eigenvalue weighted by molar-refractivity contribution is 0.102. The van der Waals surface area contributed by atoms with Crippen molar-refractivity contribution in [1.29, 1.82) is 0 Å². The number of benzene rings is 3. The van der Waals surface area contributed by atoms with Crippen molar-refractivity contribution < 1.29 is 14.0 Å². The van der Waals surface area contributed by atoms with Gasteiger partial charge in [0.2, 0.25) is 0 Å². The molecule has 1 aromatic heterocycles. The average molecular weight is 479 g/mol. The van der Waals surface area contributed by atoms with Crippen molar-refractivity contribution in [2.45, 2.75) is 0 Å². The maximum atomic E-state index is 13.6. The number of nitrogens with zero attached hydrogens (tertiary/aromatic N) is 2. The largest absolute Gasteiger partial charge is 0.322 e. The smallest absolute Gasteiger partial charge is 0.261 e. The van der Waals surface area contributed by atoms with Crippen molar-refractivity contribution in [3.63, 3.8) is 0 Å². The van der Waals surface area contributed by atoms with Crippen LogP contribution in [0.1, 0.15) is 20.7 Å². The van der Waals surface area contributed by atoms with Crippen LogP contribution in [-0.4, -0.2) is 21.6 Å². The number of aromatic nitrogens is 2. The molecule has 0 atom stereocenters. The molecule has 0 aliphatic rings. The number of carbonyl (C=O) groups excluding carboxylic acids is 2. The van der Waals surface area contributed by atoms with Gasteiger partial charge in [0.25, 0.3) is 11.8 Å². The summed E-state index contributed by atoms with van der Waals surface area (Å²) >= 11 is 3.35. The molecule has 31 heavy (non-hydrogen) atoms. The summed E-state index contributed by atoms with van der Waals surface area (Å²) in [6.45, 7) is 0. The van der Waals surface area contributed by atoms with Crippen LogP contribution >= 0.6 is 15.9 Å². The minimum Gasteiger partial charge on any atom is -0.322 e. The summed E-state index contributed by atoms with van der Waals surface area (Å²) in [5.74, 6) is -1.36. The zero-order valence-electron chi connectivity index (χ0n) is 16.0. The number of rotatable bonds is 5. The van der Waals surface area contributed by atoms with E-state index in [1.165, 1.54) is 29.1 Å². The fourth-order valence-corrected chi connectivity index (χ4v) is 3.21. The molecule has 0 unspecified atom stereocenters. The molecule has 3 aromatic carbocycles. The van der Waals surface area contributed by atoms with Crippen LogP contribution in [0, 0.1) is 5.82 Å². The van der Waals surface area contributed by atoms with Crippen LogP contribution in [0.25, 0.3) is 5.69 Å². The Bertz CT molecular complexity index is 1240. The molecular weight excluding hydrogens is 463 g/mol. The standard InChI is InChI=1S/C23H16BrFN4O2/c24-16-9-11-18(12-10-16)27-23(31)20-14-26-29(19-7-2-1-3-8-19)21(20)28-22(30)15-5-4-6-17(25)13-15/h1-14H,(H,27,31)(H,28,30). The predicted molar refractivity (Wildman–Crippen MR) is 120 cm³/mol. The van der Waals surface area contributed by atoms with E-state index in [2.05, 4.69) is 31.7 Å². The summed E-state index contributed by atoms with van der Waals surface area (Å²) in [4.78, 5) is 25.7. The van der Waals surface area contributed by atoms with Crippen LogP contribution in [0.4, 0.5) is 15.9 Å². The second kappa shape index (κ2) is 8.93. The van der Waals surface area contributed by atoms with Gasteiger partial charge in [0, 0.05) is 15.7 Å². The first-order chi connectivity index (χ1) is 15.0. The lowest BCUT2D eigenvalue weighted by Gasteiger charge is -2.12. The minimum atomic E-state index is -0.560. The Kier molecular flexibility index (Phi) is 5.90. The predicted octanol–water partition coefficient (Wildman–Crippen LogP) is 5.28. The fraction of sp³-hybridized carbons (Fsp3) is 0. The Morgan fingerprint density at radius 2 is 1.61 bits per heavy atom. The summed E-state index contributed by atoms with van der Waals surface area (Å²) < 4.78 is 15.9. The van der Waals surface area contributed by atoms with Gasteiger partial charge in [0.1, 0.15) is 17.2 Å². The van der Waals surface area contributed by atoms with Crippen molar-refractivity contribution >= 4 is 39.2 Å². The quantitative estimate of drug-likeness (QED) is 0.409. The molecule has 4 aromatic rings. The molecule has 0 spiro atoms. The monoisotopic (exact) mass is 478 g/mol. The highest BCUT2D eigenvalue weighted by Crippen LogP contribution is 2.23. The average Bonchev–Trinajstić information content (AvgIpc) is 3.19. The van der Waals surface area contributed by atoms with Crippen LogP contribution in [-0.2, 0) is 0 Å². The lowest BCUT2D eigenvalue weighted by atomic mass is 10.2. The number of hydrogen-bond acceptors (Lipinski definition) is 3. The first kappa shape index (κ1) is 20.5. The molecule has 0 saturated heterocycles. The van der Waals surface area contributed by atoms with Gasteiger partial charge in [-0.05, 0) is 54.6 Å². The number of halogens is 2. The Balaban J connectivity index is 1.70. The number of anilines is 2. The Morgan fingerprint density at radius 1 is 0.871 bits per heavy atom. The van der Waals surface area contributed by atoms with Gasteiger partial charge in [-0.1, -0.05) is 40.2 Å². The zero-order chi connectivity index (χ0) is 21.8. The third-order valence-corrected chi connectivity index (χ3v) is 4.96. The molecule has 0 aliphatic heterocycles. The molecule has 0 aliphatic carbocycles. The minimum absolute atomic E-state index is 0.125. The van der Waals surface area contributed by atoms with Gasteiger partial charge >= 0.3 is 0 Å². The second-order valence-corrected chi connectivity index (χ2v) is 7.50. The Morgan fingerprint density at radius 3 is 2.32 bits per heavy atom. The number of carbonyl (C=O) groups is 2. The molecular formula is C23H16BrFN4O2. The molecule has 0 bridgehead atoms. The molecule has 2 N–H and O–H groups in total. The third-order valence-electron chi connectivity index (χ3n) is 4.44. The molecule has 1 heterocycles. The summed E-state index contributed by atoms with van der Waals surface area (Å²) in [7, 11) is 0. The molecule has 2 amide bonds. The Hall–Kier alpha value is -3.78. The van der Waals surface area contributed by atoms with Crippen LogP contribution < -0.4 is 10.6 Å². The number of hydrogen-bond donors (Lipinski definition) is 2. The van der Waals surface area contributed by atoms with Gasteiger partial charge in [0.15, 0.2) is 0 Å².